The molecule has 1 heterocycles. The monoisotopic (exact) mass is 310 g/mol. The molecular formula is C16H10N2O5. The molecule has 0 spiro atoms. The molecule has 7 nitrogen and oxygen atoms in total. The number of nitrogens with zero attached hydrogens (tertiary/aromatic N) is 2. The predicted molar refractivity (Wildman–Crippen MR) is 81.7 cm³/mol. The fourth-order valence-corrected chi connectivity index (χ4v) is 1.98. The lowest BCUT2D eigenvalue weighted by molar-refractivity contribution is 0.0692. The first-order valence-corrected chi connectivity index (χ1v) is 6.55. The van der Waals surface area contributed by atoms with Gasteiger partial charge < -0.3 is 14.6 Å². The molecule has 2 aromatic carbocycles. The number of hydrogen-bond acceptors (Lipinski definition) is 6. The highest BCUT2D eigenvalue weighted by Gasteiger charge is 2.14. The summed E-state index contributed by atoms with van der Waals surface area (Å²) in [6.45, 7) is 0. The molecule has 0 radical (unpaired) electrons. The number of phenols is 1. The van der Waals surface area contributed by atoms with Crippen LogP contribution in [-0.4, -0.2) is 16.2 Å². The van der Waals surface area contributed by atoms with Crippen LogP contribution in [0.3, 0.4) is 0 Å². The molecule has 3 rings (SSSR count). The number of carboxylic acids is 1. The van der Waals surface area contributed by atoms with Crippen molar-refractivity contribution in [2.75, 3.05) is 0 Å². The van der Waals surface area contributed by atoms with Crippen LogP contribution < -0.4 is 5.63 Å². The maximum Gasteiger partial charge on any atom is 0.351 e. The van der Waals surface area contributed by atoms with Crippen molar-refractivity contribution in [1.29, 1.82) is 0 Å². The average molecular weight is 310 g/mol. The van der Waals surface area contributed by atoms with E-state index in [1.54, 1.807) is 24.3 Å². The molecular weight excluding hydrogens is 300 g/mol. The lowest BCUT2D eigenvalue weighted by Gasteiger charge is -2.02. The second-order valence-electron chi connectivity index (χ2n) is 4.67. The predicted octanol–water partition coefficient (Wildman–Crippen LogP) is 3.61. The third-order valence-electron chi connectivity index (χ3n) is 3.09. The van der Waals surface area contributed by atoms with Gasteiger partial charge in [0, 0.05) is 11.5 Å². The van der Waals surface area contributed by atoms with E-state index in [1.807, 2.05) is 6.07 Å². The Balaban J connectivity index is 2.09. The van der Waals surface area contributed by atoms with E-state index < -0.39 is 17.2 Å². The lowest BCUT2D eigenvalue weighted by Crippen LogP contribution is -2.12. The van der Waals surface area contributed by atoms with E-state index in [0.717, 1.165) is 0 Å². The molecule has 0 unspecified atom stereocenters. The maximum absolute atomic E-state index is 11.5. The molecule has 3 aromatic rings. The minimum atomic E-state index is -1.39. The highest BCUT2D eigenvalue weighted by molar-refractivity contribution is 5.92. The second kappa shape index (κ2) is 5.72. The first-order valence-electron chi connectivity index (χ1n) is 6.55. The second-order valence-corrected chi connectivity index (χ2v) is 4.67. The highest BCUT2D eigenvalue weighted by atomic mass is 16.4. The minimum absolute atomic E-state index is 0.0659. The van der Waals surface area contributed by atoms with Gasteiger partial charge in [-0.1, -0.05) is 18.2 Å². The molecule has 2 N–H and O–H groups in total. The SMILES string of the molecule is O=C(O)c1cc2cc(/N=N/c3ccccc3)c(O)cc2oc1=O. The molecule has 7 heteroatoms. The Bertz CT molecular complexity index is 977. The van der Waals surface area contributed by atoms with E-state index in [9.17, 15) is 14.7 Å². The maximum atomic E-state index is 11.5. The zero-order chi connectivity index (χ0) is 16.4. The Morgan fingerprint density at radius 3 is 2.48 bits per heavy atom. The van der Waals surface area contributed by atoms with Gasteiger partial charge in [0.15, 0.2) is 0 Å². The van der Waals surface area contributed by atoms with Crippen molar-refractivity contribution in [3.05, 3.63) is 64.5 Å². The number of azo groups is 1. The summed E-state index contributed by atoms with van der Waals surface area (Å²) in [7, 11) is 0. The minimum Gasteiger partial charge on any atom is -0.505 e. The summed E-state index contributed by atoms with van der Waals surface area (Å²) in [4.78, 5) is 22.5. The molecule has 0 amide bonds. The van der Waals surface area contributed by atoms with E-state index in [-0.39, 0.29) is 17.0 Å². The molecule has 114 valence electrons. The number of aromatic hydroxyl groups is 1. The number of benzene rings is 2. The first kappa shape index (κ1) is 14.5. The summed E-state index contributed by atoms with van der Waals surface area (Å²) in [6, 6.07) is 12.7. The van der Waals surface area contributed by atoms with Crippen molar-refractivity contribution in [2.45, 2.75) is 0 Å². The summed E-state index contributed by atoms with van der Waals surface area (Å²) < 4.78 is 4.88. The van der Waals surface area contributed by atoms with Gasteiger partial charge in [-0.05, 0) is 24.3 Å². The van der Waals surface area contributed by atoms with Gasteiger partial charge in [0.1, 0.15) is 22.6 Å². The quantitative estimate of drug-likeness (QED) is 0.566. The van der Waals surface area contributed by atoms with Crippen LogP contribution in [0.2, 0.25) is 0 Å². The van der Waals surface area contributed by atoms with Gasteiger partial charge in [-0.15, -0.1) is 5.11 Å². The van der Waals surface area contributed by atoms with Gasteiger partial charge in [-0.25, -0.2) is 9.59 Å². The van der Waals surface area contributed by atoms with Crippen molar-refractivity contribution in [2.24, 2.45) is 10.2 Å². The zero-order valence-electron chi connectivity index (χ0n) is 11.6. The van der Waals surface area contributed by atoms with Gasteiger partial charge >= 0.3 is 11.6 Å². The van der Waals surface area contributed by atoms with Crippen LogP contribution in [0.25, 0.3) is 11.0 Å². The van der Waals surface area contributed by atoms with Crippen LogP contribution in [-0.2, 0) is 0 Å². The van der Waals surface area contributed by atoms with Crippen LogP contribution in [0.1, 0.15) is 10.4 Å². The smallest absolute Gasteiger partial charge is 0.351 e. The first-order chi connectivity index (χ1) is 11.0. The Morgan fingerprint density at radius 2 is 1.78 bits per heavy atom. The summed E-state index contributed by atoms with van der Waals surface area (Å²) in [6.07, 6.45) is 0. The van der Waals surface area contributed by atoms with Crippen molar-refractivity contribution in [1.82, 2.24) is 0 Å². The van der Waals surface area contributed by atoms with E-state index in [4.69, 9.17) is 9.52 Å². The number of phenolic OH excluding ortho intramolecular Hbond substituents is 1. The molecule has 0 aliphatic rings. The van der Waals surface area contributed by atoms with Gasteiger partial charge in [-0.2, -0.15) is 5.11 Å². The largest absolute Gasteiger partial charge is 0.505 e. The van der Waals surface area contributed by atoms with Crippen molar-refractivity contribution < 1.29 is 19.4 Å². The van der Waals surface area contributed by atoms with Crippen LogP contribution in [0.15, 0.2) is 68.0 Å². The lowest BCUT2D eigenvalue weighted by atomic mass is 10.1. The van der Waals surface area contributed by atoms with Gasteiger partial charge in [0.25, 0.3) is 0 Å². The molecule has 0 saturated carbocycles. The average Bonchev–Trinajstić information content (AvgIpc) is 2.53. The standard InChI is InChI=1S/C16H10N2O5/c19-13-8-14-9(6-11(15(20)21)16(22)23-14)7-12(13)18-17-10-4-2-1-3-5-10/h1-8,19H,(H,20,21)/b18-17+. The van der Waals surface area contributed by atoms with Gasteiger partial charge in [-0.3, -0.25) is 0 Å². The van der Waals surface area contributed by atoms with Crippen LogP contribution in [0, 0.1) is 0 Å². The number of carboxylic acid groups (broad SMARTS) is 1. The Labute approximate surface area is 129 Å². The molecule has 0 aliphatic heterocycles. The van der Waals surface area contributed by atoms with E-state index in [1.165, 1.54) is 18.2 Å². The molecule has 0 bridgehead atoms. The fraction of sp³-hybridized carbons (Fsp3) is 0. The summed E-state index contributed by atoms with van der Waals surface area (Å²) in [5.41, 5.74) is -0.683. The van der Waals surface area contributed by atoms with Gasteiger partial charge in [0.2, 0.25) is 0 Å². The number of aromatic carboxylic acids is 1. The van der Waals surface area contributed by atoms with Crippen LogP contribution in [0.5, 0.6) is 5.75 Å². The summed E-state index contributed by atoms with van der Waals surface area (Å²) >= 11 is 0. The van der Waals surface area contributed by atoms with Crippen molar-refractivity contribution in [3.8, 4) is 5.75 Å². The molecule has 0 aliphatic carbocycles. The Kier molecular flexibility index (Phi) is 3.60. The molecule has 0 saturated heterocycles. The highest BCUT2D eigenvalue weighted by Crippen LogP contribution is 2.32. The third kappa shape index (κ3) is 2.93. The number of fused-ring (bicyclic) bond motifs is 1. The fourth-order valence-electron chi connectivity index (χ4n) is 1.98. The van der Waals surface area contributed by atoms with Crippen LogP contribution in [0.4, 0.5) is 11.4 Å². The Morgan fingerprint density at radius 1 is 1.04 bits per heavy atom. The topological polar surface area (TPSA) is 112 Å². The number of hydrogen-bond donors (Lipinski definition) is 2. The molecule has 0 fully saturated rings. The molecule has 1 aromatic heterocycles. The van der Waals surface area contributed by atoms with Crippen molar-refractivity contribution >= 4 is 28.3 Å². The van der Waals surface area contributed by atoms with Crippen molar-refractivity contribution in [3.63, 3.8) is 0 Å². The van der Waals surface area contributed by atoms with E-state index >= 15 is 0 Å². The van der Waals surface area contributed by atoms with Gasteiger partial charge in [0.05, 0.1) is 5.69 Å². The third-order valence-corrected chi connectivity index (χ3v) is 3.09. The van der Waals surface area contributed by atoms with E-state index in [2.05, 4.69) is 10.2 Å². The van der Waals surface area contributed by atoms with Crippen LogP contribution >= 0.6 is 0 Å². The summed E-state index contributed by atoms with van der Waals surface area (Å²) in [5.74, 6) is -1.62. The Hall–Kier alpha value is -3.48. The molecule has 0 atom stereocenters. The summed E-state index contributed by atoms with van der Waals surface area (Å²) in [5, 5.41) is 27.1. The molecule has 23 heavy (non-hydrogen) atoms. The van der Waals surface area contributed by atoms with E-state index in [0.29, 0.717) is 11.1 Å². The number of carbonyl (C=O) groups is 1. The normalized spacial score (nSPS) is 11.1. The zero-order valence-corrected chi connectivity index (χ0v) is 11.6. The number of rotatable bonds is 3.